The highest BCUT2D eigenvalue weighted by Gasteiger charge is 2.41. The van der Waals surface area contributed by atoms with Gasteiger partial charge in [0.15, 0.2) is 0 Å². The first-order chi connectivity index (χ1) is 9.52. The molecule has 2 N–H and O–H groups in total. The fourth-order valence-electron chi connectivity index (χ4n) is 2.83. The Balaban J connectivity index is 2.03. The van der Waals surface area contributed by atoms with Gasteiger partial charge in [-0.2, -0.15) is 0 Å². The van der Waals surface area contributed by atoms with Crippen molar-refractivity contribution in [3.63, 3.8) is 0 Å². The van der Waals surface area contributed by atoms with Crippen LogP contribution in [0.5, 0.6) is 0 Å². The number of hydrogen-bond acceptors (Lipinski definition) is 3. The topological polar surface area (TPSA) is 79.3 Å². The van der Waals surface area contributed by atoms with E-state index in [1.54, 1.807) is 18.3 Å². The summed E-state index contributed by atoms with van der Waals surface area (Å²) in [6.07, 6.45) is 5.67. The van der Waals surface area contributed by atoms with E-state index in [-0.39, 0.29) is 12.3 Å². The van der Waals surface area contributed by atoms with Gasteiger partial charge in [-0.15, -0.1) is 0 Å². The molecule has 108 valence electrons. The predicted octanol–water partition coefficient (Wildman–Crippen LogP) is 2.75. The van der Waals surface area contributed by atoms with Crippen LogP contribution in [0.1, 0.15) is 44.2 Å². The van der Waals surface area contributed by atoms with Crippen molar-refractivity contribution in [2.75, 3.05) is 5.32 Å². The highest BCUT2D eigenvalue weighted by Crippen LogP contribution is 2.39. The van der Waals surface area contributed by atoms with Crippen LogP contribution in [-0.4, -0.2) is 22.0 Å². The van der Waals surface area contributed by atoms with Crippen molar-refractivity contribution in [2.45, 2.75) is 45.4 Å². The lowest BCUT2D eigenvalue weighted by Gasteiger charge is -2.32. The number of hydrogen-bond donors (Lipinski definition) is 2. The summed E-state index contributed by atoms with van der Waals surface area (Å²) in [5.74, 6) is -1.09. The monoisotopic (exact) mass is 276 g/mol. The van der Waals surface area contributed by atoms with E-state index in [4.69, 9.17) is 0 Å². The van der Waals surface area contributed by atoms with Crippen LogP contribution in [0.25, 0.3) is 0 Å². The molecule has 2 rings (SSSR count). The maximum atomic E-state index is 12.1. The summed E-state index contributed by atoms with van der Waals surface area (Å²) in [4.78, 5) is 27.7. The number of aliphatic carboxylic acids is 1. The highest BCUT2D eigenvalue weighted by atomic mass is 16.4. The molecule has 5 nitrogen and oxygen atoms in total. The van der Waals surface area contributed by atoms with Crippen molar-refractivity contribution in [3.8, 4) is 0 Å². The predicted molar refractivity (Wildman–Crippen MR) is 75.4 cm³/mol. The maximum absolute atomic E-state index is 12.1. The zero-order valence-corrected chi connectivity index (χ0v) is 11.7. The Morgan fingerprint density at radius 3 is 2.65 bits per heavy atom. The van der Waals surface area contributed by atoms with Gasteiger partial charge in [0.25, 0.3) is 0 Å². The molecular weight excluding hydrogens is 256 g/mol. The minimum absolute atomic E-state index is 0.0453. The Hall–Kier alpha value is -1.91. The van der Waals surface area contributed by atoms with Gasteiger partial charge in [0, 0.05) is 24.0 Å². The van der Waals surface area contributed by atoms with Crippen molar-refractivity contribution >= 4 is 17.6 Å². The third-order valence-electron chi connectivity index (χ3n) is 3.94. The van der Waals surface area contributed by atoms with Crippen LogP contribution in [-0.2, 0) is 9.59 Å². The summed E-state index contributed by atoms with van der Waals surface area (Å²) in [6.45, 7) is 1.84. The normalized spacial score (nSPS) is 17.4. The molecule has 1 fully saturated rings. The summed E-state index contributed by atoms with van der Waals surface area (Å²) in [7, 11) is 0. The average molecular weight is 276 g/mol. The Bertz CT molecular complexity index is 508. The largest absolute Gasteiger partial charge is 0.481 e. The molecule has 0 bridgehead atoms. The van der Waals surface area contributed by atoms with Crippen molar-refractivity contribution in [2.24, 2.45) is 5.41 Å². The first kappa shape index (κ1) is 14.5. The standard InChI is InChI=1S/C15H20N2O3/c1-11-9-12(5-8-16-11)17-13(18)10-15(14(19)20)6-3-2-4-7-15/h5,8-9H,2-4,6-7,10H2,1H3,(H,19,20)(H,16,17,18). The first-order valence-corrected chi connectivity index (χ1v) is 6.98. The number of amides is 1. The van der Waals surface area contributed by atoms with Crippen LogP contribution in [0.4, 0.5) is 5.69 Å². The lowest BCUT2D eigenvalue weighted by Crippen LogP contribution is -2.37. The second-order valence-electron chi connectivity index (χ2n) is 5.56. The molecule has 1 saturated carbocycles. The summed E-state index contributed by atoms with van der Waals surface area (Å²) < 4.78 is 0. The van der Waals surface area contributed by atoms with E-state index in [0.717, 1.165) is 25.0 Å². The minimum atomic E-state index is -0.885. The van der Waals surface area contributed by atoms with E-state index in [2.05, 4.69) is 10.3 Å². The third-order valence-corrected chi connectivity index (χ3v) is 3.94. The van der Waals surface area contributed by atoms with Crippen molar-refractivity contribution in [1.82, 2.24) is 4.98 Å². The molecule has 5 heteroatoms. The van der Waals surface area contributed by atoms with Gasteiger partial charge in [-0.3, -0.25) is 14.6 Å². The van der Waals surface area contributed by atoms with E-state index < -0.39 is 11.4 Å². The molecule has 1 amide bonds. The van der Waals surface area contributed by atoms with E-state index >= 15 is 0 Å². The number of carboxylic acid groups (broad SMARTS) is 1. The lowest BCUT2D eigenvalue weighted by molar-refractivity contribution is -0.153. The zero-order valence-electron chi connectivity index (χ0n) is 11.7. The van der Waals surface area contributed by atoms with Gasteiger partial charge in [0.2, 0.25) is 5.91 Å². The van der Waals surface area contributed by atoms with Gasteiger partial charge in [0.1, 0.15) is 0 Å². The van der Waals surface area contributed by atoms with Gasteiger partial charge in [-0.25, -0.2) is 0 Å². The number of carbonyl (C=O) groups is 2. The smallest absolute Gasteiger partial charge is 0.310 e. The van der Waals surface area contributed by atoms with Crippen LogP contribution in [0.3, 0.4) is 0 Å². The van der Waals surface area contributed by atoms with Crippen LogP contribution >= 0.6 is 0 Å². The second-order valence-corrected chi connectivity index (χ2v) is 5.56. The third kappa shape index (κ3) is 3.35. The van der Waals surface area contributed by atoms with Crippen molar-refractivity contribution in [3.05, 3.63) is 24.0 Å². The van der Waals surface area contributed by atoms with E-state index in [1.165, 1.54) is 0 Å². The molecule has 0 spiro atoms. The molecule has 0 radical (unpaired) electrons. The van der Waals surface area contributed by atoms with Gasteiger partial charge in [-0.1, -0.05) is 19.3 Å². The number of nitrogens with zero attached hydrogens (tertiary/aromatic N) is 1. The SMILES string of the molecule is Cc1cc(NC(=O)CC2(C(=O)O)CCCCC2)ccn1. The molecular formula is C15H20N2O3. The quantitative estimate of drug-likeness (QED) is 0.886. The highest BCUT2D eigenvalue weighted by molar-refractivity contribution is 5.94. The number of carbonyl (C=O) groups excluding carboxylic acids is 1. The molecule has 0 unspecified atom stereocenters. The van der Waals surface area contributed by atoms with Crippen LogP contribution in [0.15, 0.2) is 18.3 Å². The van der Waals surface area contributed by atoms with E-state index in [1.807, 2.05) is 6.92 Å². The zero-order chi connectivity index (χ0) is 14.6. The van der Waals surface area contributed by atoms with E-state index in [0.29, 0.717) is 18.5 Å². The number of pyridine rings is 1. The van der Waals surface area contributed by atoms with Gasteiger partial charge >= 0.3 is 5.97 Å². The van der Waals surface area contributed by atoms with Crippen molar-refractivity contribution in [1.29, 1.82) is 0 Å². The van der Waals surface area contributed by atoms with E-state index in [9.17, 15) is 14.7 Å². The molecule has 0 aliphatic heterocycles. The number of aryl methyl sites for hydroxylation is 1. The molecule has 1 heterocycles. The number of rotatable bonds is 4. The molecule has 1 aliphatic carbocycles. The molecule has 1 aliphatic rings. The number of carboxylic acids is 1. The Kier molecular flexibility index (Phi) is 4.37. The van der Waals surface area contributed by atoms with Gasteiger partial charge in [0.05, 0.1) is 5.41 Å². The molecule has 0 saturated heterocycles. The van der Waals surface area contributed by atoms with Crippen LogP contribution in [0.2, 0.25) is 0 Å². The summed E-state index contributed by atoms with van der Waals surface area (Å²) in [5, 5.41) is 12.2. The number of aromatic nitrogens is 1. The summed E-state index contributed by atoms with van der Waals surface area (Å²) >= 11 is 0. The Morgan fingerprint density at radius 1 is 1.35 bits per heavy atom. The van der Waals surface area contributed by atoms with Crippen LogP contribution in [0, 0.1) is 12.3 Å². The van der Waals surface area contributed by atoms with Gasteiger partial charge in [-0.05, 0) is 31.9 Å². The first-order valence-electron chi connectivity index (χ1n) is 6.98. The molecule has 1 aromatic rings. The lowest BCUT2D eigenvalue weighted by atomic mass is 9.71. The summed E-state index contributed by atoms with van der Waals surface area (Å²) in [5.41, 5.74) is 0.594. The van der Waals surface area contributed by atoms with Gasteiger partial charge < -0.3 is 10.4 Å². The molecule has 20 heavy (non-hydrogen) atoms. The fourth-order valence-corrected chi connectivity index (χ4v) is 2.83. The summed E-state index contributed by atoms with van der Waals surface area (Å²) in [6, 6.07) is 3.48. The average Bonchev–Trinajstić information content (AvgIpc) is 2.39. The maximum Gasteiger partial charge on any atom is 0.310 e. The molecule has 1 aromatic heterocycles. The van der Waals surface area contributed by atoms with Crippen LogP contribution < -0.4 is 5.32 Å². The molecule has 0 atom stereocenters. The molecule has 0 aromatic carbocycles. The van der Waals surface area contributed by atoms with Crippen molar-refractivity contribution < 1.29 is 14.7 Å². The Labute approximate surface area is 118 Å². The number of nitrogens with one attached hydrogen (secondary N) is 1. The second kappa shape index (κ2) is 6.03. The Morgan fingerprint density at radius 2 is 2.05 bits per heavy atom. The fraction of sp³-hybridized carbons (Fsp3) is 0.533. The minimum Gasteiger partial charge on any atom is -0.481 e. The number of anilines is 1.